The van der Waals surface area contributed by atoms with Gasteiger partial charge in [-0.2, -0.15) is 0 Å². The van der Waals surface area contributed by atoms with Crippen molar-refractivity contribution in [1.29, 1.82) is 0 Å². The van der Waals surface area contributed by atoms with Crippen molar-refractivity contribution < 1.29 is 13.2 Å². The first-order chi connectivity index (χ1) is 13.1. The Morgan fingerprint density at radius 1 is 1.11 bits per heavy atom. The number of piperidine rings is 1. The van der Waals surface area contributed by atoms with Gasteiger partial charge in [-0.25, -0.2) is 13.1 Å². The molecule has 1 aromatic rings. The summed E-state index contributed by atoms with van der Waals surface area (Å²) in [6.07, 6.45) is 3.86. The van der Waals surface area contributed by atoms with Gasteiger partial charge in [-0.3, -0.25) is 4.79 Å². The zero-order valence-corrected chi connectivity index (χ0v) is 18.4. The quantitative estimate of drug-likeness (QED) is 0.692. The number of nitrogens with zero attached hydrogens (tertiary/aromatic N) is 1. The van der Waals surface area contributed by atoms with E-state index in [1.54, 1.807) is 12.1 Å². The highest BCUT2D eigenvalue weighted by atomic mass is 32.2. The van der Waals surface area contributed by atoms with Crippen LogP contribution in [0.4, 0.5) is 0 Å². The number of carbonyl (C=O) groups excluding carboxylic acids is 1. The fraction of sp³-hybridized carbons (Fsp3) is 0.667. The Bertz CT molecular complexity index is 733. The molecule has 0 spiro atoms. The third kappa shape index (κ3) is 7.18. The van der Waals surface area contributed by atoms with Gasteiger partial charge in [-0.15, -0.1) is 0 Å². The van der Waals surface area contributed by atoms with Crippen molar-refractivity contribution in [2.75, 3.05) is 26.2 Å². The van der Waals surface area contributed by atoms with Gasteiger partial charge < -0.3 is 10.2 Å². The lowest BCUT2D eigenvalue weighted by Gasteiger charge is -2.29. The van der Waals surface area contributed by atoms with Gasteiger partial charge in [0.2, 0.25) is 15.9 Å². The Morgan fingerprint density at radius 3 is 2.29 bits per heavy atom. The number of sulfonamides is 1. The van der Waals surface area contributed by atoms with Crippen molar-refractivity contribution in [2.24, 2.45) is 0 Å². The van der Waals surface area contributed by atoms with E-state index >= 15 is 0 Å². The van der Waals surface area contributed by atoms with Gasteiger partial charge in [0.15, 0.2) is 0 Å². The highest BCUT2D eigenvalue weighted by molar-refractivity contribution is 7.89. The van der Waals surface area contributed by atoms with Crippen LogP contribution in [0.15, 0.2) is 29.2 Å². The van der Waals surface area contributed by atoms with Crippen LogP contribution in [0.1, 0.15) is 58.9 Å². The molecule has 1 saturated heterocycles. The van der Waals surface area contributed by atoms with Crippen molar-refractivity contribution in [2.45, 2.75) is 69.7 Å². The molecule has 0 saturated carbocycles. The van der Waals surface area contributed by atoms with Crippen molar-refractivity contribution in [3.8, 4) is 0 Å². The first-order valence-corrected chi connectivity index (χ1v) is 11.7. The molecule has 1 aliphatic rings. The summed E-state index contributed by atoms with van der Waals surface area (Å²) in [6.45, 7) is 11.4. The summed E-state index contributed by atoms with van der Waals surface area (Å²) in [5, 5.41) is 2.96. The summed E-state index contributed by atoms with van der Waals surface area (Å²) in [4.78, 5) is 14.7. The first-order valence-electron chi connectivity index (χ1n) is 10.2. The Morgan fingerprint density at radius 2 is 1.71 bits per heavy atom. The third-order valence-electron chi connectivity index (χ3n) is 5.06. The lowest BCUT2D eigenvalue weighted by atomic mass is 9.87. The van der Waals surface area contributed by atoms with E-state index in [4.69, 9.17) is 0 Å². The SMILES string of the molecule is CC(CN1CCCCC1)NC(=O)CCNS(=O)(=O)c1ccc(C(C)(C)C)cc1. The fourth-order valence-electron chi connectivity index (χ4n) is 3.44. The van der Waals surface area contributed by atoms with E-state index in [-0.39, 0.29) is 35.2 Å². The predicted molar refractivity (Wildman–Crippen MR) is 113 cm³/mol. The summed E-state index contributed by atoms with van der Waals surface area (Å²) in [5.74, 6) is -0.129. The molecule has 7 heteroatoms. The van der Waals surface area contributed by atoms with Crippen LogP contribution in [0.5, 0.6) is 0 Å². The Kier molecular flexibility index (Phi) is 8.04. The molecule has 28 heavy (non-hydrogen) atoms. The lowest BCUT2D eigenvalue weighted by Crippen LogP contribution is -2.44. The molecule has 0 aromatic heterocycles. The molecule has 1 fully saturated rings. The van der Waals surface area contributed by atoms with Crippen LogP contribution in [-0.4, -0.2) is 51.4 Å². The molecule has 1 amide bonds. The average Bonchev–Trinajstić information content (AvgIpc) is 2.61. The van der Waals surface area contributed by atoms with Crippen LogP contribution >= 0.6 is 0 Å². The number of nitrogens with one attached hydrogen (secondary N) is 2. The van der Waals surface area contributed by atoms with Crippen molar-refractivity contribution >= 4 is 15.9 Å². The fourth-order valence-corrected chi connectivity index (χ4v) is 4.47. The Hall–Kier alpha value is -1.44. The molecule has 1 atom stereocenters. The van der Waals surface area contributed by atoms with Crippen LogP contribution in [0.25, 0.3) is 0 Å². The number of amides is 1. The molecule has 1 unspecified atom stereocenters. The summed E-state index contributed by atoms with van der Waals surface area (Å²) < 4.78 is 27.3. The van der Waals surface area contributed by atoms with Gasteiger partial charge in [0, 0.05) is 25.6 Å². The number of likely N-dealkylation sites (tertiary alicyclic amines) is 1. The minimum atomic E-state index is -3.61. The topological polar surface area (TPSA) is 78.5 Å². The molecule has 6 nitrogen and oxygen atoms in total. The van der Waals surface area contributed by atoms with Gasteiger partial charge in [-0.1, -0.05) is 39.3 Å². The monoisotopic (exact) mass is 409 g/mol. The maximum absolute atomic E-state index is 12.4. The molecular weight excluding hydrogens is 374 g/mol. The van der Waals surface area contributed by atoms with Crippen LogP contribution in [0.2, 0.25) is 0 Å². The van der Waals surface area contributed by atoms with Gasteiger partial charge in [0.1, 0.15) is 0 Å². The van der Waals surface area contributed by atoms with E-state index < -0.39 is 10.0 Å². The maximum Gasteiger partial charge on any atom is 0.240 e. The molecular formula is C21H35N3O3S. The molecule has 158 valence electrons. The molecule has 0 radical (unpaired) electrons. The van der Waals surface area contributed by atoms with Gasteiger partial charge in [-0.05, 0) is 56.0 Å². The Labute approximate surface area is 170 Å². The van der Waals surface area contributed by atoms with Crippen LogP contribution in [0, 0.1) is 0 Å². The molecule has 1 heterocycles. The second-order valence-electron chi connectivity index (χ2n) is 8.75. The minimum Gasteiger partial charge on any atom is -0.352 e. The van der Waals surface area contributed by atoms with Crippen LogP contribution in [-0.2, 0) is 20.2 Å². The van der Waals surface area contributed by atoms with E-state index in [9.17, 15) is 13.2 Å². The van der Waals surface area contributed by atoms with E-state index in [0.29, 0.717) is 0 Å². The van der Waals surface area contributed by atoms with E-state index in [2.05, 4.69) is 35.7 Å². The molecule has 1 aliphatic heterocycles. The minimum absolute atomic E-state index is 0.0291. The second-order valence-corrected chi connectivity index (χ2v) is 10.5. The number of rotatable bonds is 8. The molecule has 2 rings (SSSR count). The number of hydrogen-bond acceptors (Lipinski definition) is 4. The highest BCUT2D eigenvalue weighted by Crippen LogP contribution is 2.23. The largest absolute Gasteiger partial charge is 0.352 e. The Balaban J connectivity index is 1.77. The highest BCUT2D eigenvalue weighted by Gasteiger charge is 2.18. The van der Waals surface area contributed by atoms with Gasteiger partial charge >= 0.3 is 0 Å². The zero-order valence-electron chi connectivity index (χ0n) is 17.6. The lowest BCUT2D eigenvalue weighted by molar-refractivity contribution is -0.121. The van der Waals surface area contributed by atoms with Gasteiger partial charge in [0.05, 0.1) is 4.90 Å². The van der Waals surface area contributed by atoms with Crippen molar-refractivity contribution in [3.63, 3.8) is 0 Å². The molecule has 0 bridgehead atoms. The van der Waals surface area contributed by atoms with E-state index in [1.807, 2.05) is 19.1 Å². The number of carbonyl (C=O) groups is 1. The summed E-state index contributed by atoms with van der Waals surface area (Å²) >= 11 is 0. The molecule has 0 aliphatic carbocycles. The van der Waals surface area contributed by atoms with E-state index in [0.717, 1.165) is 25.2 Å². The maximum atomic E-state index is 12.4. The number of benzene rings is 1. The second kappa shape index (κ2) is 9.85. The zero-order chi connectivity index (χ0) is 20.8. The van der Waals surface area contributed by atoms with Gasteiger partial charge in [0.25, 0.3) is 0 Å². The normalized spacial score (nSPS) is 17.3. The van der Waals surface area contributed by atoms with Crippen LogP contribution < -0.4 is 10.0 Å². The summed E-state index contributed by atoms with van der Waals surface area (Å²) in [6, 6.07) is 6.97. The van der Waals surface area contributed by atoms with Crippen LogP contribution in [0.3, 0.4) is 0 Å². The first kappa shape index (κ1) is 22.8. The molecule has 2 N–H and O–H groups in total. The average molecular weight is 410 g/mol. The van der Waals surface area contributed by atoms with Crippen molar-refractivity contribution in [1.82, 2.24) is 14.9 Å². The molecule has 1 aromatic carbocycles. The smallest absolute Gasteiger partial charge is 0.240 e. The predicted octanol–water partition coefficient (Wildman–Crippen LogP) is 2.64. The summed E-state index contributed by atoms with van der Waals surface area (Å²) in [5.41, 5.74) is 1.05. The third-order valence-corrected chi connectivity index (χ3v) is 6.54. The summed E-state index contributed by atoms with van der Waals surface area (Å²) in [7, 11) is -3.61. The van der Waals surface area contributed by atoms with E-state index in [1.165, 1.54) is 19.3 Å². The van der Waals surface area contributed by atoms with Crippen molar-refractivity contribution in [3.05, 3.63) is 29.8 Å². The standard InChI is InChI=1S/C21H35N3O3S/c1-17(16-24-14-6-5-7-15-24)23-20(25)12-13-22-28(26,27)19-10-8-18(9-11-19)21(2,3)4/h8-11,17,22H,5-7,12-16H2,1-4H3,(H,23,25). The number of hydrogen-bond donors (Lipinski definition) is 2.